The van der Waals surface area contributed by atoms with Crippen LogP contribution in [-0.2, 0) is 10.5 Å². The van der Waals surface area contributed by atoms with Crippen molar-refractivity contribution in [1.29, 1.82) is 0 Å². The van der Waals surface area contributed by atoms with E-state index >= 15 is 0 Å². The van der Waals surface area contributed by atoms with Gasteiger partial charge in [0.05, 0.1) is 18.4 Å². The van der Waals surface area contributed by atoms with Gasteiger partial charge in [-0.05, 0) is 54.6 Å². The normalized spacial score (nSPS) is 14.8. The molecule has 2 aromatic carbocycles. The molecule has 2 aromatic heterocycles. The second kappa shape index (κ2) is 10.2. The molecule has 10 heteroatoms. The number of aryl methyl sites for hydroxylation is 1. The number of allylic oxidation sites excluding steroid dienone is 1. The van der Waals surface area contributed by atoms with E-state index in [0.717, 1.165) is 10.4 Å². The van der Waals surface area contributed by atoms with E-state index in [1.165, 1.54) is 17.8 Å². The minimum absolute atomic E-state index is 0.257. The van der Waals surface area contributed by atoms with Crippen LogP contribution in [0, 0.1) is 12.7 Å². The molecule has 2 N–H and O–H groups in total. The zero-order chi connectivity index (χ0) is 25.2. The number of para-hydroxylation sites is 2. The van der Waals surface area contributed by atoms with E-state index in [4.69, 9.17) is 9.84 Å². The van der Waals surface area contributed by atoms with Gasteiger partial charge in [-0.1, -0.05) is 42.1 Å². The fourth-order valence-corrected chi connectivity index (χ4v) is 5.92. The molecule has 0 spiro atoms. The number of thioether (sulfide) groups is 1. The first kappa shape index (κ1) is 24.1. The van der Waals surface area contributed by atoms with Crippen LogP contribution in [0.1, 0.15) is 29.0 Å². The first-order valence-electron chi connectivity index (χ1n) is 11.2. The van der Waals surface area contributed by atoms with E-state index in [2.05, 4.69) is 15.6 Å². The molecule has 3 heterocycles. The Morgan fingerprint density at radius 1 is 1.19 bits per heavy atom. The van der Waals surface area contributed by atoms with Gasteiger partial charge in [-0.15, -0.1) is 16.4 Å². The number of ether oxygens (including phenoxy) is 1. The maximum atomic E-state index is 14.1. The van der Waals surface area contributed by atoms with Crippen LogP contribution in [-0.4, -0.2) is 27.8 Å². The number of nitrogens with zero attached hydrogens (tertiary/aromatic N) is 3. The predicted octanol–water partition coefficient (Wildman–Crippen LogP) is 6.02. The number of carbonyl (C=O) groups is 1. The molecule has 0 saturated carbocycles. The van der Waals surface area contributed by atoms with Crippen LogP contribution in [0.2, 0.25) is 0 Å². The number of halogens is 1. The van der Waals surface area contributed by atoms with E-state index in [9.17, 15) is 9.18 Å². The summed E-state index contributed by atoms with van der Waals surface area (Å²) in [4.78, 5) is 19.3. The molecule has 0 bridgehead atoms. The number of benzene rings is 2. The van der Waals surface area contributed by atoms with Crippen LogP contribution in [0.15, 0.2) is 76.4 Å². The number of thiophene rings is 1. The molecule has 4 aromatic rings. The van der Waals surface area contributed by atoms with E-state index in [-0.39, 0.29) is 11.7 Å². The van der Waals surface area contributed by atoms with Gasteiger partial charge in [0.25, 0.3) is 5.91 Å². The van der Waals surface area contributed by atoms with Gasteiger partial charge < -0.3 is 15.4 Å². The highest BCUT2D eigenvalue weighted by Crippen LogP contribution is 2.40. The Morgan fingerprint density at radius 2 is 1.97 bits per heavy atom. The number of nitrogens with one attached hydrogen (secondary N) is 2. The molecular weight excluding hydrogens is 497 g/mol. The van der Waals surface area contributed by atoms with Crippen molar-refractivity contribution < 1.29 is 13.9 Å². The summed E-state index contributed by atoms with van der Waals surface area (Å²) in [6.07, 6.45) is 0. The van der Waals surface area contributed by atoms with Gasteiger partial charge in [0.1, 0.15) is 17.6 Å². The van der Waals surface area contributed by atoms with E-state index in [1.807, 2.05) is 43.5 Å². The monoisotopic (exact) mass is 521 g/mol. The Balaban J connectivity index is 1.49. The van der Waals surface area contributed by atoms with E-state index in [0.29, 0.717) is 45.1 Å². The number of fused-ring (bicyclic) bond motifs is 1. The molecular formula is C26H24FN5O2S2. The third-order valence-electron chi connectivity index (χ3n) is 5.90. The summed E-state index contributed by atoms with van der Waals surface area (Å²) in [5, 5.41) is 13.5. The largest absolute Gasteiger partial charge is 0.495 e. The summed E-state index contributed by atoms with van der Waals surface area (Å²) >= 11 is 2.91. The summed E-state index contributed by atoms with van der Waals surface area (Å²) in [7, 11) is 1.57. The lowest BCUT2D eigenvalue weighted by atomic mass is 9.98. The van der Waals surface area contributed by atoms with Crippen molar-refractivity contribution in [2.75, 3.05) is 17.7 Å². The molecule has 1 atom stereocenters. The van der Waals surface area contributed by atoms with Crippen LogP contribution in [0.5, 0.6) is 5.75 Å². The summed E-state index contributed by atoms with van der Waals surface area (Å²) in [6.45, 7) is 3.88. The van der Waals surface area contributed by atoms with Gasteiger partial charge in [0.2, 0.25) is 11.1 Å². The Labute approximate surface area is 216 Å². The molecule has 1 unspecified atom stereocenters. The molecule has 1 aliphatic heterocycles. The zero-order valence-corrected chi connectivity index (χ0v) is 21.5. The van der Waals surface area contributed by atoms with Crippen LogP contribution in [0.25, 0.3) is 0 Å². The summed E-state index contributed by atoms with van der Waals surface area (Å²) < 4.78 is 21.3. The average molecular weight is 522 g/mol. The lowest BCUT2D eigenvalue weighted by molar-refractivity contribution is -0.113. The molecule has 0 fully saturated rings. The SMILES string of the molecule is COc1ccccc1NC(=O)C1=C(C)Nc2nc(SCc3ccccc3F)nn2C1c1sccc1C. The third-order valence-corrected chi connectivity index (χ3v) is 7.86. The molecule has 1 amide bonds. The summed E-state index contributed by atoms with van der Waals surface area (Å²) in [6, 6.07) is 15.5. The minimum Gasteiger partial charge on any atom is -0.495 e. The fourth-order valence-electron chi connectivity index (χ4n) is 4.09. The zero-order valence-electron chi connectivity index (χ0n) is 19.9. The predicted molar refractivity (Wildman–Crippen MR) is 141 cm³/mol. The summed E-state index contributed by atoms with van der Waals surface area (Å²) in [5.41, 5.74) is 3.45. The number of amides is 1. The first-order valence-corrected chi connectivity index (χ1v) is 13.1. The van der Waals surface area contributed by atoms with Crippen molar-refractivity contribution in [3.05, 3.63) is 93.1 Å². The minimum atomic E-state index is -0.466. The van der Waals surface area contributed by atoms with E-state index in [1.54, 1.807) is 47.4 Å². The maximum absolute atomic E-state index is 14.1. The van der Waals surface area contributed by atoms with Crippen LogP contribution >= 0.6 is 23.1 Å². The Hall–Kier alpha value is -3.63. The Bertz CT molecular complexity index is 1460. The number of carbonyl (C=O) groups excluding carboxylic acids is 1. The Kier molecular flexibility index (Phi) is 6.80. The number of methoxy groups -OCH3 is 1. The van der Waals surface area contributed by atoms with Gasteiger partial charge in [0, 0.05) is 16.3 Å². The molecule has 36 heavy (non-hydrogen) atoms. The topological polar surface area (TPSA) is 81.1 Å². The lowest BCUT2D eigenvalue weighted by Crippen LogP contribution is -2.31. The van der Waals surface area contributed by atoms with Gasteiger partial charge in [-0.2, -0.15) is 4.98 Å². The van der Waals surface area contributed by atoms with Gasteiger partial charge in [0.15, 0.2) is 0 Å². The Morgan fingerprint density at radius 3 is 2.72 bits per heavy atom. The highest BCUT2D eigenvalue weighted by Gasteiger charge is 2.36. The average Bonchev–Trinajstić information content (AvgIpc) is 3.48. The van der Waals surface area contributed by atoms with Crippen molar-refractivity contribution in [1.82, 2.24) is 14.8 Å². The number of hydrogen-bond donors (Lipinski definition) is 2. The van der Waals surface area contributed by atoms with Crippen LogP contribution < -0.4 is 15.4 Å². The standard InChI is InChI=1S/C26H24FN5O2S2/c1-15-12-13-35-23(15)22-21(24(33)29-19-10-6-7-11-20(19)34-3)16(2)28-25-30-26(31-32(22)25)36-14-17-8-4-5-9-18(17)27/h4-13,22H,14H2,1-3H3,(H,29,33)(H,28,30,31). The molecule has 0 saturated heterocycles. The van der Waals surface area contributed by atoms with Crippen molar-refractivity contribution in [2.45, 2.75) is 30.8 Å². The smallest absolute Gasteiger partial charge is 0.256 e. The molecule has 5 rings (SSSR count). The van der Waals surface area contributed by atoms with Crippen LogP contribution in [0.4, 0.5) is 16.0 Å². The number of anilines is 2. The number of aromatic nitrogens is 3. The number of rotatable bonds is 7. The van der Waals surface area contributed by atoms with Gasteiger partial charge in [-0.25, -0.2) is 9.07 Å². The molecule has 0 aliphatic carbocycles. The molecule has 1 aliphatic rings. The highest BCUT2D eigenvalue weighted by atomic mass is 32.2. The second-order valence-corrected chi connectivity index (χ2v) is 10.1. The molecule has 184 valence electrons. The summed E-state index contributed by atoms with van der Waals surface area (Å²) in [5.74, 6) is 0.989. The van der Waals surface area contributed by atoms with Crippen molar-refractivity contribution >= 4 is 40.6 Å². The second-order valence-electron chi connectivity index (χ2n) is 8.23. The van der Waals surface area contributed by atoms with Gasteiger partial charge >= 0.3 is 0 Å². The fraction of sp³-hybridized carbons (Fsp3) is 0.192. The quantitative estimate of drug-likeness (QED) is 0.290. The van der Waals surface area contributed by atoms with Crippen molar-refractivity contribution in [3.8, 4) is 5.75 Å². The maximum Gasteiger partial charge on any atom is 0.256 e. The van der Waals surface area contributed by atoms with Crippen molar-refractivity contribution in [3.63, 3.8) is 0 Å². The molecule has 0 radical (unpaired) electrons. The van der Waals surface area contributed by atoms with Crippen LogP contribution in [0.3, 0.4) is 0 Å². The third kappa shape index (κ3) is 4.61. The molecule has 7 nitrogen and oxygen atoms in total. The first-order chi connectivity index (χ1) is 17.5. The highest BCUT2D eigenvalue weighted by molar-refractivity contribution is 7.98. The van der Waals surface area contributed by atoms with E-state index < -0.39 is 6.04 Å². The number of hydrogen-bond acceptors (Lipinski definition) is 7. The van der Waals surface area contributed by atoms with Gasteiger partial charge in [-0.3, -0.25) is 4.79 Å². The van der Waals surface area contributed by atoms with Crippen molar-refractivity contribution in [2.24, 2.45) is 0 Å². The lowest BCUT2D eigenvalue weighted by Gasteiger charge is -2.28.